The van der Waals surface area contributed by atoms with E-state index in [0.717, 1.165) is 49.3 Å². The SMILES string of the molecule is c1ccc(-c2cc(N3CCN(C4CCCC4)CC3)n3ncnc3n2)cc1. The van der Waals surface area contributed by atoms with Gasteiger partial charge in [-0.1, -0.05) is 43.2 Å². The van der Waals surface area contributed by atoms with Crippen LogP contribution in [-0.4, -0.2) is 56.7 Å². The van der Waals surface area contributed by atoms with Gasteiger partial charge in [-0.2, -0.15) is 14.6 Å². The maximum Gasteiger partial charge on any atom is 0.254 e. The van der Waals surface area contributed by atoms with Crippen molar-refractivity contribution < 1.29 is 0 Å². The van der Waals surface area contributed by atoms with Gasteiger partial charge in [0, 0.05) is 43.9 Å². The van der Waals surface area contributed by atoms with E-state index in [1.54, 1.807) is 6.33 Å². The van der Waals surface area contributed by atoms with Crippen LogP contribution in [-0.2, 0) is 0 Å². The van der Waals surface area contributed by atoms with Gasteiger partial charge in [0.25, 0.3) is 5.78 Å². The molecule has 1 aliphatic carbocycles. The molecule has 6 nitrogen and oxygen atoms in total. The predicted molar refractivity (Wildman–Crippen MR) is 102 cm³/mol. The third-order valence-electron chi connectivity index (χ3n) is 5.78. The quantitative estimate of drug-likeness (QED) is 0.728. The van der Waals surface area contributed by atoms with Gasteiger partial charge in [-0.3, -0.25) is 4.90 Å². The molecule has 2 aliphatic rings. The molecule has 0 unspecified atom stereocenters. The molecule has 1 aliphatic heterocycles. The summed E-state index contributed by atoms with van der Waals surface area (Å²) in [5.41, 5.74) is 2.07. The molecular weight excluding hydrogens is 324 g/mol. The first-order valence-corrected chi connectivity index (χ1v) is 9.64. The lowest BCUT2D eigenvalue weighted by atomic mass is 10.1. The van der Waals surface area contributed by atoms with Crippen LogP contribution in [0.25, 0.3) is 17.0 Å². The van der Waals surface area contributed by atoms with Crippen LogP contribution in [0.5, 0.6) is 0 Å². The molecule has 0 bridgehead atoms. The smallest absolute Gasteiger partial charge is 0.254 e. The highest BCUT2D eigenvalue weighted by molar-refractivity contribution is 5.65. The second-order valence-corrected chi connectivity index (χ2v) is 7.30. The Morgan fingerprint density at radius 3 is 2.46 bits per heavy atom. The van der Waals surface area contributed by atoms with E-state index in [1.807, 2.05) is 22.7 Å². The number of benzene rings is 1. The van der Waals surface area contributed by atoms with Crippen molar-refractivity contribution in [1.82, 2.24) is 24.5 Å². The largest absolute Gasteiger partial charge is 0.354 e. The number of rotatable bonds is 3. The summed E-state index contributed by atoms with van der Waals surface area (Å²) in [5, 5.41) is 4.41. The zero-order chi connectivity index (χ0) is 17.3. The van der Waals surface area contributed by atoms with Crippen LogP contribution in [0.1, 0.15) is 25.7 Å². The fourth-order valence-corrected chi connectivity index (χ4v) is 4.36. The summed E-state index contributed by atoms with van der Waals surface area (Å²) in [4.78, 5) is 14.1. The Balaban J connectivity index is 1.44. The molecule has 2 aromatic heterocycles. The van der Waals surface area contributed by atoms with Crippen molar-refractivity contribution in [3.63, 3.8) is 0 Å². The van der Waals surface area contributed by atoms with Crippen molar-refractivity contribution in [2.75, 3.05) is 31.1 Å². The first-order valence-electron chi connectivity index (χ1n) is 9.64. The maximum absolute atomic E-state index is 4.69. The van der Waals surface area contributed by atoms with E-state index in [4.69, 9.17) is 4.98 Å². The number of hydrogen-bond donors (Lipinski definition) is 0. The minimum Gasteiger partial charge on any atom is -0.354 e. The topological polar surface area (TPSA) is 49.6 Å². The number of aromatic nitrogens is 4. The van der Waals surface area contributed by atoms with Gasteiger partial charge >= 0.3 is 0 Å². The highest BCUT2D eigenvalue weighted by Gasteiger charge is 2.27. The first kappa shape index (κ1) is 15.8. The minimum absolute atomic E-state index is 0.666. The molecule has 6 heteroatoms. The third-order valence-corrected chi connectivity index (χ3v) is 5.78. The van der Waals surface area contributed by atoms with Gasteiger partial charge in [-0.25, -0.2) is 4.98 Å². The standard InChI is InChI=1S/C20H24N6/c1-2-6-16(7-3-1)18-14-19(26-20(23-18)21-15-22-26)25-12-10-24(11-13-25)17-8-4-5-9-17/h1-3,6-7,14-15,17H,4-5,8-13H2. The van der Waals surface area contributed by atoms with Crippen molar-refractivity contribution in [1.29, 1.82) is 0 Å². The summed E-state index contributed by atoms with van der Waals surface area (Å²) in [7, 11) is 0. The van der Waals surface area contributed by atoms with Crippen LogP contribution in [0, 0.1) is 0 Å². The Bertz CT molecular complexity index is 876. The zero-order valence-corrected chi connectivity index (χ0v) is 15.0. The highest BCUT2D eigenvalue weighted by Crippen LogP contribution is 2.27. The zero-order valence-electron chi connectivity index (χ0n) is 15.0. The average molecular weight is 348 g/mol. The van der Waals surface area contributed by atoms with Crippen molar-refractivity contribution in [2.45, 2.75) is 31.7 Å². The predicted octanol–water partition coefficient (Wildman–Crippen LogP) is 2.86. The number of hydrogen-bond acceptors (Lipinski definition) is 5. The van der Waals surface area contributed by atoms with Crippen LogP contribution in [0.2, 0.25) is 0 Å². The molecule has 3 aromatic rings. The van der Waals surface area contributed by atoms with Crippen LogP contribution >= 0.6 is 0 Å². The van der Waals surface area contributed by atoms with Crippen molar-refractivity contribution in [2.24, 2.45) is 0 Å². The summed E-state index contributed by atoms with van der Waals surface area (Å²) in [6.45, 7) is 4.32. The molecule has 0 radical (unpaired) electrons. The Labute approximate surface area is 153 Å². The van der Waals surface area contributed by atoms with Gasteiger partial charge in [0.15, 0.2) is 0 Å². The van der Waals surface area contributed by atoms with Gasteiger partial charge in [-0.05, 0) is 12.8 Å². The van der Waals surface area contributed by atoms with Gasteiger partial charge in [0.05, 0.1) is 5.69 Å². The summed E-state index contributed by atoms with van der Waals surface area (Å²) >= 11 is 0. The van der Waals surface area contributed by atoms with Crippen molar-refractivity contribution in [3.8, 4) is 11.3 Å². The molecule has 1 aromatic carbocycles. The van der Waals surface area contributed by atoms with Crippen LogP contribution in [0.4, 0.5) is 5.82 Å². The number of fused-ring (bicyclic) bond motifs is 1. The average Bonchev–Trinajstić information content (AvgIpc) is 3.40. The van der Waals surface area contributed by atoms with E-state index in [1.165, 1.54) is 25.7 Å². The van der Waals surface area contributed by atoms with Crippen LogP contribution in [0.15, 0.2) is 42.7 Å². The monoisotopic (exact) mass is 348 g/mol. The molecule has 0 amide bonds. The summed E-state index contributed by atoms with van der Waals surface area (Å²) in [5.74, 6) is 1.76. The molecule has 1 saturated heterocycles. The Morgan fingerprint density at radius 1 is 0.923 bits per heavy atom. The molecule has 5 rings (SSSR count). The maximum atomic E-state index is 4.69. The van der Waals surface area contributed by atoms with Crippen LogP contribution in [0.3, 0.4) is 0 Å². The molecule has 134 valence electrons. The Kier molecular flexibility index (Phi) is 4.05. The molecule has 0 N–H and O–H groups in total. The molecule has 1 saturated carbocycles. The molecule has 0 spiro atoms. The van der Waals surface area contributed by atoms with Crippen LogP contribution < -0.4 is 4.90 Å². The van der Waals surface area contributed by atoms with Gasteiger partial charge in [-0.15, -0.1) is 0 Å². The number of anilines is 1. The van der Waals surface area contributed by atoms with Crippen molar-refractivity contribution in [3.05, 3.63) is 42.7 Å². The summed E-state index contributed by atoms with van der Waals surface area (Å²) < 4.78 is 1.87. The molecule has 3 heterocycles. The van der Waals surface area contributed by atoms with Gasteiger partial charge in [0.2, 0.25) is 0 Å². The fourth-order valence-electron chi connectivity index (χ4n) is 4.36. The van der Waals surface area contributed by atoms with E-state index in [0.29, 0.717) is 5.78 Å². The summed E-state index contributed by atoms with van der Waals surface area (Å²) in [6.07, 6.45) is 7.14. The lowest BCUT2D eigenvalue weighted by Crippen LogP contribution is -2.50. The van der Waals surface area contributed by atoms with E-state index in [9.17, 15) is 0 Å². The highest BCUT2D eigenvalue weighted by atomic mass is 15.4. The number of piperazine rings is 1. The molecule has 0 atom stereocenters. The molecule has 26 heavy (non-hydrogen) atoms. The van der Waals surface area contributed by atoms with E-state index >= 15 is 0 Å². The Morgan fingerprint density at radius 2 is 1.69 bits per heavy atom. The Hall–Kier alpha value is -2.47. The second kappa shape index (κ2) is 6.68. The lowest BCUT2D eigenvalue weighted by Gasteiger charge is -2.39. The minimum atomic E-state index is 0.666. The third kappa shape index (κ3) is 2.84. The van der Waals surface area contributed by atoms with Crippen molar-refractivity contribution >= 4 is 11.6 Å². The summed E-state index contributed by atoms with van der Waals surface area (Å²) in [6, 6.07) is 13.3. The van der Waals surface area contributed by atoms with Gasteiger partial charge in [0.1, 0.15) is 12.1 Å². The number of nitrogens with zero attached hydrogens (tertiary/aromatic N) is 6. The second-order valence-electron chi connectivity index (χ2n) is 7.30. The normalized spacial score (nSPS) is 19.5. The molecule has 2 fully saturated rings. The van der Waals surface area contributed by atoms with E-state index in [2.05, 4.69) is 38.1 Å². The molecular formula is C20H24N6. The lowest BCUT2D eigenvalue weighted by molar-refractivity contribution is 0.187. The van der Waals surface area contributed by atoms with E-state index < -0.39 is 0 Å². The van der Waals surface area contributed by atoms with E-state index in [-0.39, 0.29) is 0 Å². The fraction of sp³-hybridized carbons (Fsp3) is 0.450. The van der Waals surface area contributed by atoms with Gasteiger partial charge < -0.3 is 4.90 Å². The first-order chi connectivity index (χ1) is 12.9.